The lowest BCUT2D eigenvalue weighted by Crippen LogP contribution is -2.10. The number of benzene rings is 1. The minimum absolute atomic E-state index is 0.983. The maximum Gasteiger partial charge on any atom is 0.0446 e. The summed E-state index contributed by atoms with van der Waals surface area (Å²) in [6.07, 6.45) is 2.27. The van der Waals surface area contributed by atoms with Crippen molar-refractivity contribution in [2.45, 2.75) is 20.8 Å². The van der Waals surface area contributed by atoms with Gasteiger partial charge in [0.1, 0.15) is 0 Å². The van der Waals surface area contributed by atoms with Crippen molar-refractivity contribution in [3.63, 3.8) is 0 Å². The summed E-state index contributed by atoms with van der Waals surface area (Å²) in [5.74, 6) is 0. The van der Waals surface area contributed by atoms with Crippen LogP contribution in [0.5, 0.6) is 0 Å². The molecule has 0 aromatic heterocycles. The van der Waals surface area contributed by atoms with Crippen LogP contribution >= 0.6 is 0 Å². The van der Waals surface area contributed by atoms with Gasteiger partial charge in [0.15, 0.2) is 0 Å². The molecule has 0 spiro atoms. The number of hydrogen-bond donors (Lipinski definition) is 1. The third-order valence-electron chi connectivity index (χ3n) is 2.46. The van der Waals surface area contributed by atoms with E-state index in [1.165, 1.54) is 28.0 Å². The monoisotopic (exact) mass is 173 g/mol. The van der Waals surface area contributed by atoms with E-state index in [9.17, 15) is 0 Å². The van der Waals surface area contributed by atoms with Gasteiger partial charge in [-0.25, -0.2) is 0 Å². The summed E-state index contributed by atoms with van der Waals surface area (Å²) >= 11 is 0. The molecule has 0 radical (unpaired) electrons. The molecule has 1 heteroatoms. The summed E-state index contributed by atoms with van der Waals surface area (Å²) in [6.45, 7) is 7.45. The molecule has 0 bridgehead atoms. The van der Waals surface area contributed by atoms with Gasteiger partial charge in [0.2, 0.25) is 0 Å². The zero-order chi connectivity index (χ0) is 9.42. The third kappa shape index (κ3) is 1.46. The number of anilines is 1. The van der Waals surface area contributed by atoms with Crippen molar-refractivity contribution in [3.05, 3.63) is 34.4 Å². The van der Waals surface area contributed by atoms with Gasteiger partial charge in [-0.2, -0.15) is 0 Å². The van der Waals surface area contributed by atoms with E-state index >= 15 is 0 Å². The molecule has 13 heavy (non-hydrogen) atoms. The highest BCUT2D eigenvalue weighted by Gasteiger charge is 2.09. The van der Waals surface area contributed by atoms with Gasteiger partial charge in [-0.15, -0.1) is 0 Å². The average Bonchev–Trinajstić information content (AvgIpc) is 2.02. The van der Waals surface area contributed by atoms with E-state index in [-0.39, 0.29) is 0 Å². The molecule has 1 heterocycles. The SMILES string of the molecule is CC1=Cc2cc(C)cc(C)c2NC1. The van der Waals surface area contributed by atoms with Crippen molar-refractivity contribution in [1.82, 2.24) is 0 Å². The van der Waals surface area contributed by atoms with Crippen LogP contribution in [0.4, 0.5) is 5.69 Å². The third-order valence-corrected chi connectivity index (χ3v) is 2.46. The second kappa shape index (κ2) is 2.91. The zero-order valence-electron chi connectivity index (χ0n) is 8.44. The lowest BCUT2D eigenvalue weighted by molar-refractivity contribution is 1.17. The van der Waals surface area contributed by atoms with Crippen LogP contribution in [0.25, 0.3) is 6.08 Å². The Labute approximate surface area is 79.5 Å². The van der Waals surface area contributed by atoms with E-state index in [2.05, 4.69) is 44.3 Å². The summed E-state index contributed by atoms with van der Waals surface area (Å²) in [6, 6.07) is 4.46. The fourth-order valence-electron chi connectivity index (χ4n) is 1.90. The fourth-order valence-corrected chi connectivity index (χ4v) is 1.90. The van der Waals surface area contributed by atoms with Gasteiger partial charge >= 0.3 is 0 Å². The summed E-state index contributed by atoms with van der Waals surface area (Å²) in [5, 5.41) is 3.44. The van der Waals surface area contributed by atoms with Crippen molar-refractivity contribution in [2.24, 2.45) is 0 Å². The molecule has 0 unspecified atom stereocenters. The molecule has 1 aliphatic heterocycles. The molecule has 68 valence electrons. The van der Waals surface area contributed by atoms with E-state index in [1.54, 1.807) is 0 Å². The summed E-state index contributed by atoms with van der Waals surface area (Å²) in [4.78, 5) is 0. The Morgan fingerprint density at radius 2 is 1.92 bits per heavy atom. The maximum absolute atomic E-state index is 3.44. The predicted molar refractivity (Wildman–Crippen MR) is 58.1 cm³/mol. The summed E-state index contributed by atoms with van der Waals surface area (Å²) < 4.78 is 0. The van der Waals surface area contributed by atoms with Crippen LogP contribution in [0, 0.1) is 13.8 Å². The second-order valence-corrected chi connectivity index (χ2v) is 3.89. The van der Waals surface area contributed by atoms with Crippen LogP contribution in [0.15, 0.2) is 17.7 Å². The zero-order valence-corrected chi connectivity index (χ0v) is 8.44. The minimum atomic E-state index is 0.983. The lowest BCUT2D eigenvalue weighted by atomic mass is 9.99. The molecular weight excluding hydrogens is 158 g/mol. The first-order chi connectivity index (χ1) is 6.16. The lowest BCUT2D eigenvalue weighted by Gasteiger charge is -2.19. The molecule has 0 atom stereocenters. The average molecular weight is 173 g/mol. The minimum Gasteiger partial charge on any atom is -0.381 e. The van der Waals surface area contributed by atoms with Gasteiger partial charge in [0, 0.05) is 12.2 Å². The Bertz CT molecular complexity index is 375. The van der Waals surface area contributed by atoms with Crippen LogP contribution in [-0.2, 0) is 0 Å². The molecule has 0 amide bonds. The molecule has 0 aliphatic carbocycles. The Morgan fingerprint density at radius 1 is 1.15 bits per heavy atom. The van der Waals surface area contributed by atoms with Crippen molar-refractivity contribution in [3.8, 4) is 0 Å². The smallest absolute Gasteiger partial charge is 0.0446 e. The molecular formula is C12H15N. The Kier molecular flexibility index (Phi) is 1.87. The Morgan fingerprint density at radius 3 is 2.69 bits per heavy atom. The highest BCUT2D eigenvalue weighted by molar-refractivity contribution is 5.75. The topological polar surface area (TPSA) is 12.0 Å². The Balaban J connectivity index is 2.61. The van der Waals surface area contributed by atoms with Crippen LogP contribution in [0.1, 0.15) is 23.6 Å². The van der Waals surface area contributed by atoms with Crippen LogP contribution in [-0.4, -0.2) is 6.54 Å². The molecule has 0 saturated carbocycles. The maximum atomic E-state index is 3.44. The van der Waals surface area contributed by atoms with Gasteiger partial charge in [-0.3, -0.25) is 0 Å². The number of rotatable bonds is 0. The van der Waals surface area contributed by atoms with E-state index in [1.807, 2.05) is 0 Å². The second-order valence-electron chi connectivity index (χ2n) is 3.89. The van der Waals surface area contributed by atoms with Crippen LogP contribution in [0.2, 0.25) is 0 Å². The molecule has 0 fully saturated rings. The van der Waals surface area contributed by atoms with Gasteiger partial charge in [0.25, 0.3) is 0 Å². The highest BCUT2D eigenvalue weighted by Crippen LogP contribution is 2.28. The largest absolute Gasteiger partial charge is 0.381 e. The van der Waals surface area contributed by atoms with Crippen LogP contribution in [0.3, 0.4) is 0 Å². The van der Waals surface area contributed by atoms with E-state index in [0.29, 0.717) is 0 Å². The molecule has 1 N–H and O–H groups in total. The van der Waals surface area contributed by atoms with Gasteiger partial charge in [-0.05, 0) is 38.0 Å². The first-order valence-electron chi connectivity index (χ1n) is 4.69. The normalized spacial score (nSPS) is 14.5. The number of aryl methyl sites for hydroxylation is 2. The first-order valence-corrected chi connectivity index (χ1v) is 4.69. The number of fused-ring (bicyclic) bond motifs is 1. The van der Waals surface area contributed by atoms with Gasteiger partial charge in [-0.1, -0.05) is 23.3 Å². The summed E-state index contributed by atoms with van der Waals surface area (Å²) in [5.41, 5.74) is 6.72. The van der Waals surface area contributed by atoms with Crippen molar-refractivity contribution in [2.75, 3.05) is 11.9 Å². The molecule has 0 saturated heterocycles. The van der Waals surface area contributed by atoms with Crippen molar-refractivity contribution < 1.29 is 0 Å². The quantitative estimate of drug-likeness (QED) is 0.635. The molecule has 1 aromatic carbocycles. The van der Waals surface area contributed by atoms with Crippen molar-refractivity contribution >= 4 is 11.8 Å². The standard InChI is InChI=1S/C12H15N/c1-8-4-10(3)12-11(5-8)6-9(2)7-13-12/h4-6,13H,7H2,1-3H3. The number of hydrogen-bond acceptors (Lipinski definition) is 1. The fraction of sp³-hybridized carbons (Fsp3) is 0.333. The highest BCUT2D eigenvalue weighted by atomic mass is 14.9. The molecule has 2 rings (SSSR count). The first kappa shape index (κ1) is 8.36. The number of nitrogens with one attached hydrogen (secondary N) is 1. The summed E-state index contributed by atoms with van der Waals surface area (Å²) in [7, 11) is 0. The molecule has 1 aromatic rings. The molecule has 1 aliphatic rings. The van der Waals surface area contributed by atoms with E-state index in [0.717, 1.165) is 6.54 Å². The predicted octanol–water partition coefficient (Wildman–Crippen LogP) is 3.13. The Hall–Kier alpha value is -1.24. The van der Waals surface area contributed by atoms with E-state index in [4.69, 9.17) is 0 Å². The molecule has 1 nitrogen and oxygen atoms in total. The van der Waals surface area contributed by atoms with Gasteiger partial charge < -0.3 is 5.32 Å². The van der Waals surface area contributed by atoms with Crippen LogP contribution < -0.4 is 5.32 Å². The van der Waals surface area contributed by atoms with E-state index < -0.39 is 0 Å². The van der Waals surface area contributed by atoms with Gasteiger partial charge in [0.05, 0.1) is 0 Å². The van der Waals surface area contributed by atoms with Crippen molar-refractivity contribution in [1.29, 1.82) is 0 Å².